The van der Waals surface area contributed by atoms with Crippen LogP contribution in [0.5, 0.6) is 0 Å². The third kappa shape index (κ3) is 3.43. The summed E-state index contributed by atoms with van der Waals surface area (Å²) >= 11 is 1.37. The Kier molecular flexibility index (Phi) is 5.61. The lowest BCUT2D eigenvalue weighted by Gasteiger charge is -2.14. The highest BCUT2D eigenvalue weighted by atomic mass is 32.2. The number of thioether (sulfide) groups is 1. The van der Waals surface area contributed by atoms with Crippen LogP contribution in [0.4, 0.5) is 5.69 Å². The second-order valence-corrected chi connectivity index (χ2v) is 7.48. The highest BCUT2D eigenvalue weighted by Gasteiger charge is 2.28. The zero-order valence-electron chi connectivity index (χ0n) is 16.3. The summed E-state index contributed by atoms with van der Waals surface area (Å²) < 4.78 is 7.23. The topological polar surface area (TPSA) is 75.3 Å². The maximum atomic E-state index is 12.6. The van der Waals surface area contributed by atoms with Crippen LogP contribution in [0, 0.1) is 25.2 Å². The Bertz CT molecular complexity index is 1030. The van der Waals surface area contributed by atoms with Gasteiger partial charge in [0.1, 0.15) is 16.7 Å². The van der Waals surface area contributed by atoms with Crippen molar-refractivity contribution in [1.82, 2.24) is 4.57 Å². The number of esters is 1. The van der Waals surface area contributed by atoms with Crippen LogP contribution in [0.2, 0.25) is 0 Å². The fraction of sp³-hybridized carbons (Fsp3) is 0.286. The molecular formula is C21H21N3O3S. The molecule has 0 aliphatic carbocycles. The van der Waals surface area contributed by atoms with Crippen LogP contribution in [0.25, 0.3) is 0 Å². The van der Waals surface area contributed by atoms with Gasteiger partial charge in [0.05, 0.1) is 11.3 Å². The van der Waals surface area contributed by atoms with Crippen molar-refractivity contribution in [1.29, 1.82) is 5.26 Å². The molecule has 3 rings (SSSR count). The van der Waals surface area contributed by atoms with E-state index in [1.54, 1.807) is 6.07 Å². The lowest BCUT2D eigenvalue weighted by Crippen LogP contribution is -2.20. The van der Waals surface area contributed by atoms with Gasteiger partial charge in [0.15, 0.2) is 6.61 Å². The molecule has 0 unspecified atom stereocenters. The molecule has 0 saturated heterocycles. The van der Waals surface area contributed by atoms with Crippen LogP contribution < -0.4 is 4.90 Å². The zero-order chi connectivity index (χ0) is 20.4. The summed E-state index contributed by atoms with van der Waals surface area (Å²) in [7, 11) is 1.81. The molecule has 0 fully saturated rings. The maximum absolute atomic E-state index is 12.6. The number of hydrogen-bond acceptors (Lipinski definition) is 6. The molecule has 0 radical (unpaired) electrons. The summed E-state index contributed by atoms with van der Waals surface area (Å²) in [5, 5.41) is 10.1. The first-order valence-electron chi connectivity index (χ1n) is 8.91. The van der Waals surface area contributed by atoms with Gasteiger partial charge in [0, 0.05) is 29.9 Å². The molecule has 2 heterocycles. The monoisotopic (exact) mass is 395 g/mol. The van der Waals surface area contributed by atoms with E-state index >= 15 is 0 Å². The summed E-state index contributed by atoms with van der Waals surface area (Å²) in [5.41, 5.74) is 3.14. The number of anilines is 1. The number of aromatic nitrogens is 1. The van der Waals surface area contributed by atoms with Crippen LogP contribution in [0.3, 0.4) is 0 Å². The van der Waals surface area contributed by atoms with Crippen molar-refractivity contribution in [2.45, 2.75) is 32.2 Å². The van der Waals surface area contributed by atoms with Gasteiger partial charge in [-0.25, -0.2) is 4.79 Å². The first kappa shape index (κ1) is 19.8. The van der Waals surface area contributed by atoms with E-state index in [-0.39, 0.29) is 5.57 Å². The summed E-state index contributed by atoms with van der Waals surface area (Å²) in [5.74, 6) is -1.07. The molecule has 2 aromatic rings. The van der Waals surface area contributed by atoms with Crippen LogP contribution in [-0.4, -0.2) is 30.0 Å². The van der Waals surface area contributed by atoms with Gasteiger partial charge in [-0.15, -0.1) is 0 Å². The summed E-state index contributed by atoms with van der Waals surface area (Å²) in [6, 6.07) is 11.4. The molecule has 0 atom stereocenters. The molecule has 144 valence electrons. The van der Waals surface area contributed by atoms with E-state index < -0.39 is 18.4 Å². The van der Waals surface area contributed by atoms with E-state index in [9.17, 15) is 14.9 Å². The smallest absolute Gasteiger partial charge is 0.340 e. The molecule has 7 heteroatoms. The minimum absolute atomic E-state index is 0.00414. The molecule has 6 nitrogen and oxygen atoms in total. The zero-order valence-corrected chi connectivity index (χ0v) is 17.1. The second kappa shape index (κ2) is 7.95. The average Bonchev–Trinajstić information content (AvgIpc) is 3.17. The molecule has 1 aliphatic rings. The number of fused-ring (bicyclic) bond motifs is 1. The maximum Gasteiger partial charge on any atom is 0.340 e. The van der Waals surface area contributed by atoms with Gasteiger partial charge in [-0.05, 0) is 39.0 Å². The number of Topliss-reactive ketones (excluding diaryl/α,β-unsaturated/α-hetero) is 1. The third-order valence-corrected chi connectivity index (χ3v) is 6.02. The van der Waals surface area contributed by atoms with Gasteiger partial charge < -0.3 is 14.2 Å². The number of nitrogens with zero attached hydrogens (tertiary/aromatic N) is 3. The van der Waals surface area contributed by atoms with Gasteiger partial charge in [-0.3, -0.25) is 4.79 Å². The van der Waals surface area contributed by atoms with E-state index in [0.29, 0.717) is 10.6 Å². The fourth-order valence-corrected chi connectivity index (χ4v) is 4.49. The number of carbonyl (C=O) groups is 2. The summed E-state index contributed by atoms with van der Waals surface area (Å²) in [4.78, 5) is 27.8. The predicted octanol–water partition coefficient (Wildman–Crippen LogP) is 3.83. The van der Waals surface area contributed by atoms with Crippen LogP contribution in [0.15, 0.2) is 45.8 Å². The highest BCUT2D eigenvalue weighted by molar-refractivity contribution is 8.03. The Labute approximate surface area is 168 Å². The summed E-state index contributed by atoms with van der Waals surface area (Å²) in [6.45, 7) is 6.04. The molecule has 0 saturated carbocycles. The minimum Gasteiger partial charge on any atom is -0.454 e. The highest BCUT2D eigenvalue weighted by Crippen LogP contribution is 2.46. The van der Waals surface area contributed by atoms with Crippen LogP contribution in [0.1, 0.15) is 28.7 Å². The standard InChI is InChI=1S/C21H21N3O3S/c1-5-24-13(2)10-15(14(24)3)21(26)27-12-18(25)16(11-22)20-23(4)17-8-6-7-9-19(17)28-20/h6-10H,5,12H2,1-4H3/b20-16-. The lowest BCUT2D eigenvalue weighted by molar-refractivity contribution is -0.118. The fourth-order valence-electron chi connectivity index (χ4n) is 3.33. The van der Waals surface area contributed by atoms with E-state index in [1.165, 1.54) is 11.8 Å². The largest absolute Gasteiger partial charge is 0.454 e. The van der Waals surface area contributed by atoms with Crippen molar-refractivity contribution in [2.75, 3.05) is 18.6 Å². The predicted molar refractivity (Wildman–Crippen MR) is 108 cm³/mol. The number of benzene rings is 1. The van der Waals surface area contributed by atoms with Crippen LogP contribution in [-0.2, 0) is 16.1 Å². The van der Waals surface area contributed by atoms with Crippen LogP contribution >= 0.6 is 11.8 Å². The first-order valence-corrected chi connectivity index (χ1v) is 9.72. The Morgan fingerprint density at radius 1 is 1.25 bits per heavy atom. The van der Waals surface area contributed by atoms with Gasteiger partial charge in [-0.1, -0.05) is 23.9 Å². The Morgan fingerprint density at radius 3 is 2.57 bits per heavy atom. The minimum atomic E-state index is -0.556. The van der Waals surface area contributed by atoms with Crippen molar-refractivity contribution >= 4 is 29.2 Å². The van der Waals surface area contributed by atoms with Crippen molar-refractivity contribution in [3.05, 3.63) is 57.9 Å². The Morgan fingerprint density at radius 2 is 1.96 bits per heavy atom. The Balaban J connectivity index is 1.76. The van der Waals surface area contributed by atoms with Gasteiger partial charge in [0.25, 0.3) is 0 Å². The lowest BCUT2D eigenvalue weighted by atomic mass is 10.2. The van der Waals surface area contributed by atoms with E-state index in [4.69, 9.17) is 4.74 Å². The molecule has 1 aromatic heterocycles. The summed E-state index contributed by atoms with van der Waals surface area (Å²) in [6.07, 6.45) is 0. The van der Waals surface area contributed by atoms with Gasteiger partial charge >= 0.3 is 5.97 Å². The van der Waals surface area contributed by atoms with Gasteiger partial charge in [0.2, 0.25) is 5.78 Å². The SMILES string of the molecule is CCn1c(C)cc(C(=O)OCC(=O)/C(C#N)=C2\Sc3ccccc3N2C)c1C. The molecule has 0 amide bonds. The number of ether oxygens (including phenoxy) is 1. The third-order valence-electron chi connectivity index (χ3n) is 4.79. The Hall–Kier alpha value is -2.98. The number of hydrogen-bond donors (Lipinski definition) is 0. The molecule has 0 N–H and O–H groups in total. The van der Waals surface area contributed by atoms with Crippen molar-refractivity contribution < 1.29 is 14.3 Å². The number of para-hydroxylation sites is 1. The number of aryl methyl sites for hydroxylation is 1. The van der Waals surface area contributed by atoms with Crippen molar-refractivity contribution in [3.8, 4) is 6.07 Å². The second-order valence-electron chi connectivity index (χ2n) is 6.45. The molecular weight excluding hydrogens is 374 g/mol. The normalized spacial score (nSPS) is 14.5. The number of carbonyl (C=O) groups excluding carboxylic acids is 2. The molecule has 28 heavy (non-hydrogen) atoms. The first-order chi connectivity index (χ1) is 13.4. The molecule has 1 aromatic carbocycles. The van der Waals surface area contributed by atoms with E-state index in [2.05, 4.69) is 0 Å². The average molecular weight is 395 g/mol. The molecule has 1 aliphatic heterocycles. The number of rotatable bonds is 5. The van der Waals surface area contributed by atoms with Crippen molar-refractivity contribution in [3.63, 3.8) is 0 Å². The van der Waals surface area contributed by atoms with Crippen molar-refractivity contribution in [2.24, 2.45) is 0 Å². The number of ketones is 1. The van der Waals surface area contributed by atoms with E-state index in [1.807, 2.05) is 67.6 Å². The van der Waals surface area contributed by atoms with E-state index in [0.717, 1.165) is 28.5 Å². The molecule has 0 bridgehead atoms. The molecule has 0 spiro atoms. The van der Waals surface area contributed by atoms with Gasteiger partial charge in [-0.2, -0.15) is 5.26 Å². The number of nitriles is 1. The quantitative estimate of drug-likeness (QED) is 0.435.